The van der Waals surface area contributed by atoms with Gasteiger partial charge in [0.05, 0.1) is 0 Å². The van der Waals surface area contributed by atoms with Gasteiger partial charge in [0.1, 0.15) is 5.69 Å². The van der Waals surface area contributed by atoms with E-state index in [2.05, 4.69) is 34.7 Å². The molecule has 2 amide bonds. The van der Waals surface area contributed by atoms with Crippen LogP contribution >= 0.6 is 0 Å². The molecule has 2 fully saturated rings. The molecule has 160 valence electrons. The van der Waals surface area contributed by atoms with Crippen LogP contribution in [-0.2, 0) is 24.7 Å². The number of aromatic nitrogens is 2. The number of nitrogens with zero attached hydrogens (tertiary/aromatic N) is 3. The third-order valence-corrected chi connectivity index (χ3v) is 6.31. The Kier molecular flexibility index (Phi) is 6.50. The zero-order valence-corrected chi connectivity index (χ0v) is 17.8. The molecule has 1 N–H and O–H groups in total. The van der Waals surface area contributed by atoms with E-state index in [0.29, 0.717) is 18.0 Å². The van der Waals surface area contributed by atoms with Crippen molar-refractivity contribution in [3.8, 4) is 0 Å². The highest BCUT2D eigenvalue weighted by Crippen LogP contribution is 2.27. The van der Waals surface area contributed by atoms with Gasteiger partial charge < -0.3 is 10.2 Å². The number of carbonyl (C=O) groups is 2. The molecule has 1 saturated carbocycles. The SMILES string of the molecule is Cn1ccc(C(=O)N2CCC(Cc3ccc(CCC(=O)NCC4CC4)cc3)CC2)n1. The standard InChI is InChI=1S/C24H32N4O2/c1-27-13-12-22(26-27)24(30)28-14-10-20(11-15-28)16-19-4-2-18(3-5-19)8-9-23(29)25-17-21-6-7-21/h2-5,12-13,20-21H,6-11,14-17H2,1H3,(H,25,29). The minimum atomic E-state index is 0.0413. The van der Waals surface area contributed by atoms with Gasteiger partial charge in [-0.15, -0.1) is 0 Å². The lowest BCUT2D eigenvalue weighted by Gasteiger charge is -2.31. The van der Waals surface area contributed by atoms with Crippen LogP contribution in [0.4, 0.5) is 0 Å². The summed E-state index contributed by atoms with van der Waals surface area (Å²) in [5, 5.41) is 7.26. The highest BCUT2D eigenvalue weighted by molar-refractivity contribution is 5.92. The van der Waals surface area contributed by atoms with Crippen LogP contribution in [0.15, 0.2) is 36.5 Å². The highest BCUT2D eigenvalue weighted by atomic mass is 16.2. The van der Waals surface area contributed by atoms with E-state index in [-0.39, 0.29) is 11.8 Å². The van der Waals surface area contributed by atoms with Gasteiger partial charge in [0, 0.05) is 39.3 Å². The second-order valence-electron chi connectivity index (χ2n) is 8.88. The molecule has 6 heteroatoms. The van der Waals surface area contributed by atoms with Gasteiger partial charge in [-0.1, -0.05) is 24.3 Å². The lowest BCUT2D eigenvalue weighted by molar-refractivity contribution is -0.121. The molecule has 0 atom stereocenters. The number of benzene rings is 1. The topological polar surface area (TPSA) is 67.2 Å². The van der Waals surface area contributed by atoms with Gasteiger partial charge in [0.25, 0.3) is 5.91 Å². The first-order valence-corrected chi connectivity index (χ1v) is 11.2. The number of nitrogens with one attached hydrogen (secondary N) is 1. The monoisotopic (exact) mass is 408 g/mol. The van der Waals surface area contributed by atoms with Gasteiger partial charge >= 0.3 is 0 Å². The van der Waals surface area contributed by atoms with Crippen molar-refractivity contribution < 1.29 is 9.59 Å². The Hall–Kier alpha value is -2.63. The lowest BCUT2D eigenvalue weighted by atomic mass is 9.89. The van der Waals surface area contributed by atoms with E-state index in [1.165, 1.54) is 24.0 Å². The van der Waals surface area contributed by atoms with Crippen molar-refractivity contribution in [2.75, 3.05) is 19.6 Å². The van der Waals surface area contributed by atoms with Crippen molar-refractivity contribution in [1.29, 1.82) is 0 Å². The van der Waals surface area contributed by atoms with Crippen LogP contribution in [0.3, 0.4) is 0 Å². The molecule has 30 heavy (non-hydrogen) atoms. The van der Waals surface area contributed by atoms with Crippen LogP contribution in [0.25, 0.3) is 0 Å². The largest absolute Gasteiger partial charge is 0.356 e. The summed E-state index contributed by atoms with van der Waals surface area (Å²) in [4.78, 5) is 26.4. The zero-order valence-electron chi connectivity index (χ0n) is 17.8. The Balaban J connectivity index is 1.18. The van der Waals surface area contributed by atoms with Gasteiger partial charge in [0.15, 0.2) is 0 Å². The molecule has 1 aromatic carbocycles. The molecule has 0 radical (unpaired) electrons. The fourth-order valence-corrected chi connectivity index (χ4v) is 4.13. The highest BCUT2D eigenvalue weighted by Gasteiger charge is 2.25. The normalized spacial score (nSPS) is 17.2. The van der Waals surface area contributed by atoms with Gasteiger partial charge in [0.2, 0.25) is 5.91 Å². The van der Waals surface area contributed by atoms with Crippen molar-refractivity contribution in [3.63, 3.8) is 0 Å². The fraction of sp³-hybridized carbons (Fsp3) is 0.542. The number of likely N-dealkylation sites (tertiary alicyclic amines) is 1. The lowest BCUT2D eigenvalue weighted by Crippen LogP contribution is -2.39. The molecule has 2 heterocycles. The van der Waals surface area contributed by atoms with E-state index in [4.69, 9.17) is 0 Å². The van der Waals surface area contributed by atoms with Crippen LogP contribution in [-0.4, -0.2) is 46.1 Å². The molecule has 6 nitrogen and oxygen atoms in total. The first-order chi connectivity index (χ1) is 14.6. The van der Waals surface area contributed by atoms with Gasteiger partial charge in [-0.05, 0) is 67.6 Å². The number of carbonyl (C=O) groups excluding carboxylic acids is 2. The Bertz CT molecular complexity index is 862. The van der Waals surface area contributed by atoms with E-state index < -0.39 is 0 Å². The van der Waals surface area contributed by atoms with E-state index in [9.17, 15) is 9.59 Å². The van der Waals surface area contributed by atoms with E-state index in [1.54, 1.807) is 10.7 Å². The smallest absolute Gasteiger partial charge is 0.274 e. The summed E-state index contributed by atoms with van der Waals surface area (Å²) in [6, 6.07) is 10.5. The second kappa shape index (κ2) is 9.45. The van der Waals surface area contributed by atoms with Gasteiger partial charge in [-0.2, -0.15) is 5.10 Å². The predicted octanol–water partition coefficient (Wildman–Crippen LogP) is 2.97. The third kappa shape index (κ3) is 5.71. The minimum Gasteiger partial charge on any atom is -0.356 e. The molecule has 2 aliphatic rings. The van der Waals surface area contributed by atoms with Crippen LogP contribution in [0.1, 0.15) is 53.7 Å². The van der Waals surface area contributed by atoms with Gasteiger partial charge in [-0.3, -0.25) is 14.3 Å². The first kappa shape index (κ1) is 20.6. The van der Waals surface area contributed by atoms with Crippen LogP contribution < -0.4 is 5.32 Å². The van der Waals surface area contributed by atoms with Crippen LogP contribution in [0.2, 0.25) is 0 Å². The predicted molar refractivity (Wildman–Crippen MR) is 116 cm³/mol. The summed E-state index contributed by atoms with van der Waals surface area (Å²) in [7, 11) is 1.83. The average molecular weight is 409 g/mol. The van der Waals surface area contributed by atoms with Gasteiger partial charge in [-0.25, -0.2) is 0 Å². The second-order valence-corrected chi connectivity index (χ2v) is 8.88. The molecular formula is C24H32N4O2. The summed E-state index contributed by atoms with van der Waals surface area (Å²) >= 11 is 0. The Labute approximate surface area is 178 Å². The number of aryl methyl sites for hydroxylation is 2. The Morgan fingerprint density at radius 3 is 2.33 bits per heavy atom. The molecular weight excluding hydrogens is 376 g/mol. The molecule has 1 saturated heterocycles. The zero-order chi connectivity index (χ0) is 20.9. The molecule has 2 aromatic rings. The van der Waals surface area contributed by atoms with Crippen molar-refractivity contribution >= 4 is 11.8 Å². The van der Waals surface area contributed by atoms with Crippen molar-refractivity contribution in [1.82, 2.24) is 20.0 Å². The van der Waals surface area contributed by atoms with E-state index in [0.717, 1.165) is 51.2 Å². The van der Waals surface area contributed by atoms with Crippen molar-refractivity contribution in [3.05, 3.63) is 53.3 Å². The van der Waals surface area contributed by atoms with Crippen molar-refractivity contribution in [2.24, 2.45) is 18.9 Å². The minimum absolute atomic E-state index is 0.0413. The summed E-state index contributed by atoms with van der Waals surface area (Å²) < 4.78 is 1.67. The van der Waals surface area contributed by atoms with Crippen molar-refractivity contribution in [2.45, 2.75) is 44.9 Å². The maximum absolute atomic E-state index is 12.5. The average Bonchev–Trinajstić information content (AvgIpc) is 3.50. The Morgan fingerprint density at radius 1 is 1.00 bits per heavy atom. The Morgan fingerprint density at radius 2 is 1.70 bits per heavy atom. The van der Waals surface area contributed by atoms with Crippen LogP contribution in [0, 0.1) is 11.8 Å². The molecule has 0 bridgehead atoms. The summed E-state index contributed by atoms with van der Waals surface area (Å²) in [5.41, 5.74) is 3.09. The molecule has 0 spiro atoms. The quantitative estimate of drug-likeness (QED) is 0.730. The maximum atomic E-state index is 12.5. The number of hydrogen-bond acceptors (Lipinski definition) is 3. The summed E-state index contributed by atoms with van der Waals surface area (Å²) in [6.07, 6.45) is 8.81. The number of hydrogen-bond donors (Lipinski definition) is 1. The number of piperidine rings is 1. The van der Waals surface area contributed by atoms with E-state index in [1.807, 2.05) is 18.1 Å². The summed E-state index contributed by atoms with van der Waals surface area (Å²) in [6.45, 7) is 2.45. The first-order valence-electron chi connectivity index (χ1n) is 11.2. The molecule has 0 unspecified atom stereocenters. The van der Waals surface area contributed by atoms with Crippen LogP contribution in [0.5, 0.6) is 0 Å². The fourth-order valence-electron chi connectivity index (χ4n) is 4.13. The summed E-state index contributed by atoms with van der Waals surface area (Å²) in [5.74, 6) is 1.54. The molecule has 1 aliphatic carbocycles. The van der Waals surface area contributed by atoms with E-state index >= 15 is 0 Å². The molecule has 1 aromatic heterocycles. The third-order valence-electron chi connectivity index (χ3n) is 6.31. The molecule has 1 aliphatic heterocycles. The maximum Gasteiger partial charge on any atom is 0.274 e. The number of rotatable bonds is 8. The number of amides is 2. The molecule has 4 rings (SSSR count).